The minimum atomic E-state index is 0.227. The maximum atomic E-state index is 2.45. The van der Waals surface area contributed by atoms with Gasteiger partial charge in [0, 0.05) is 9.79 Å². The van der Waals surface area contributed by atoms with Crippen LogP contribution in [-0.2, 0) is 0 Å². The zero-order valence-corrected chi connectivity index (χ0v) is 17.1. The summed E-state index contributed by atoms with van der Waals surface area (Å²) in [6, 6.07) is 38.2. The van der Waals surface area contributed by atoms with Crippen LogP contribution in [0.4, 0.5) is 0 Å². The lowest BCUT2D eigenvalue weighted by Gasteiger charge is -2.20. The molecule has 2 heteroatoms. The van der Waals surface area contributed by atoms with Gasteiger partial charge in [0.05, 0.1) is 0 Å². The summed E-state index contributed by atoms with van der Waals surface area (Å²) in [4.78, 5) is 2.72. The Bertz CT molecular complexity index is 1570. The summed E-state index contributed by atoms with van der Waals surface area (Å²) in [5.41, 5.74) is 4.18. The second-order valence-corrected chi connectivity index (χ2v) is 9.21. The van der Waals surface area contributed by atoms with Crippen molar-refractivity contribution in [3.63, 3.8) is 0 Å². The van der Waals surface area contributed by atoms with Gasteiger partial charge in [-0.15, -0.1) is 0 Å². The van der Waals surface area contributed by atoms with E-state index >= 15 is 0 Å². The topological polar surface area (TPSA) is 0 Å². The maximum Gasteiger partial charge on any atom is 0.243 e. The first-order valence-corrected chi connectivity index (χ1v) is 11.2. The van der Waals surface area contributed by atoms with Gasteiger partial charge >= 0.3 is 0 Å². The molecule has 0 radical (unpaired) electrons. The van der Waals surface area contributed by atoms with E-state index in [4.69, 9.17) is 0 Å². The third-order valence-electron chi connectivity index (χ3n) is 6.51. The lowest BCUT2D eigenvalue weighted by atomic mass is 9.36. The number of fused-ring (bicyclic) bond motifs is 1. The molecule has 0 aromatic heterocycles. The summed E-state index contributed by atoms with van der Waals surface area (Å²) in [7, 11) is 0. The molecule has 0 spiro atoms. The molecular weight excluding hydrogens is 379 g/mol. The molecule has 0 bridgehead atoms. The monoisotopic (exact) mass is 396 g/mol. The molecule has 1 heterocycles. The molecule has 138 valence electrons. The maximum absolute atomic E-state index is 2.45. The third kappa shape index (κ3) is 2.20. The molecule has 30 heavy (non-hydrogen) atoms. The largest absolute Gasteiger partial charge is 0.243 e. The Morgan fingerprint density at radius 3 is 2.10 bits per heavy atom. The van der Waals surface area contributed by atoms with Crippen molar-refractivity contribution in [3.05, 3.63) is 103 Å². The van der Waals surface area contributed by atoms with Gasteiger partial charge in [-0.25, -0.2) is 0 Å². The first-order chi connectivity index (χ1) is 14.9. The summed E-state index contributed by atoms with van der Waals surface area (Å²) in [6.45, 7) is 0.227. The van der Waals surface area contributed by atoms with Crippen LogP contribution in [-0.4, -0.2) is 6.71 Å². The summed E-state index contributed by atoms with van der Waals surface area (Å²) < 4.78 is 0. The molecule has 1 aliphatic heterocycles. The molecule has 0 aliphatic carbocycles. The van der Waals surface area contributed by atoms with Crippen molar-refractivity contribution >= 4 is 67.2 Å². The van der Waals surface area contributed by atoms with Gasteiger partial charge in [0.25, 0.3) is 0 Å². The van der Waals surface area contributed by atoms with E-state index in [1.54, 1.807) is 0 Å². The van der Waals surface area contributed by atoms with Gasteiger partial charge in [-0.1, -0.05) is 119 Å². The second-order valence-electron chi connectivity index (χ2n) is 8.13. The average molecular weight is 396 g/mol. The van der Waals surface area contributed by atoms with Gasteiger partial charge in [0.2, 0.25) is 6.71 Å². The first kappa shape index (κ1) is 16.6. The molecule has 0 nitrogen and oxygen atoms in total. The molecule has 0 fully saturated rings. The van der Waals surface area contributed by atoms with Crippen LogP contribution in [0, 0.1) is 0 Å². The van der Waals surface area contributed by atoms with Crippen molar-refractivity contribution in [2.24, 2.45) is 0 Å². The highest BCUT2D eigenvalue weighted by atomic mass is 32.2. The molecule has 0 amide bonds. The lowest BCUT2D eigenvalue weighted by Crippen LogP contribution is -2.52. The molecule has 0 saturated carbocycles. The Hall–Kier alpha value is -3.23. The van der Waals surface area contributed by atoms with E-state index in [1.165, 1.54) is 58.5 Å². The standard InChI is InChI=1S/C28H17BS/c1-2-9-21(10-3-1)29-22-11-4-5-12-24(22)30-25-16-15-19-14-13-18-7-6-8-20-17-23(29)28(25)27(19)26(18)20/h1-17H. The molecule has 7 rings (SSSR count). The molecule has 0 unspecified atom stereocenters. The van der Waals surface area contributed by atoms with E-state index in [9.17, 15) is 0 Å². The molecule has 0 saturated heterocycles. The van der Waals surface area contributed by atoms with Crippen molar-refractivity contribution in [3.8, 4) is 0 Å². The van der Waals surface area contributed by atoms with E-state index < -0.39 is 0 Å². The second kappa shape index (κ2) is 6.14. The van der Waals surface area contributed by atoms with Crippen LogP contribution >= 0.6 is 11.8 Å². The van der Waals surface area contributed by atoms with Crippen molar-refractivity contribution in [1.29, 1.82) is 0 Å². The summed E-state index contributed by atoms with van der Waals surface area (Å²) in [5.74, 6) is 0. The van der Waals surface area contributed by atoms with Crippen LogP contribution in [0.2, 0.25) is 0 Å². The highest BCUT2D eigenvalue weighted by Crippen LogP contribution is 2.41. The average Bonchev–Trinajstić information content (AvgIpc) is 2.94. The van der Waals surface area contributed by atoms with E-state index in [0.29, 0.717) is 0 Å². The highest BCUT2D eigenvalue weighted by Gasteiger charge is 2.31. The van der Waals surface area contributed by atoms with Crippen molar-refractivity contribution in [2.45, 2.75) is 9.79 Å². The van der Waals surface area contributed by atoms with Crippen LogP contribution in [0.1, 0.15) is 0 Å². The molecular formula is C28H17BS. The first-order valence-electron chi connectivity index (χ1n) is 10.4. The fraction of sp³-hybridized carbons (Fsp3) is 0. The van der Waals surface area contributed by atoms with E-state index in [-0.39, 0.29) is 6.71 Å². The minimum Gasteiger partial charge on any atom is -0.0900 e. The number of benzene rings is 6. The lowest BCUT2D eigenvalue weighted by molar-refractivity contribution is 1.49. The Kier molecular flexibility index (Phi) is 3.39. The summed E-state index contributed by atoms with van der Waals surface area (Å²) in [6.07, 6.45) is 0. The van der Waals surface area contributed by atoms with Gasteiger partial charge < -0.3 is 0 Å². The Balaban J connectivity index is 1.73. The molecule has 6 aromatic rings. The van der Waals surface area contributed by atoms with Crippen molar-refractivity contribution in [2.75, 3.05) is 0 Å². The van der Waals surface area contributed by atoms with E-state index in [1.807, 2.05) is 11.8 Å². The Morgan fingerprint density at radius 2 is 1.20 bits per heavy atom. The fourth-order valence-electron chi connectivity index (χ4n) is 5.27. The summed E-state index contributed by atoms with van der Waals surface area (Å²) >= 11 is 1.92. The van der Waals surface area contributed by atoms with Crippen LogP contribution in [0.25, 0.3) is 32.3 Å². The van der Waals surface area contributed by atoms with Crippen molar-refractivity contribution < 1.29 is 0 Å². The van der Waals surface area contributed by atoms with Crippen LogP contribution in [0.5, 0.6) is 0 Å². The van der Waals surface area contributed by atoms with Gasteiger partial charge in [-0.3, -0.25) is 0 Å². The quantitative estimate of drug-likeness (QED) is 0.258. The Morgan fingerprint density at radius 1 is 0.467 bits per heavy atom. The van der Waals surface area contributed by atoms with Gasteiger partial charge in [0.1, 0.15) is 0 Å². The van der Waals surface area contributed by atoms with Crippen molar-refractivity contribution in [1.82, 2.24) is 0 Å². The number of hydrogen-bond acceptors (Lipinski definition) is 1. The third-order valence-corrected chi connectivity index (χ3v) is 7.67. The van der Waals surface area contributed by atoms with E-state index in [0.717, 1.165) is 0 Å². The highest BCUT2D eigenvalue weighted by molar-refractivity contribution is 8.00. The number of rotatable bonds is 1. The number of hydrogen-bond donors (Lipinski definition) is 0. The van der Waals surface area contributed by atoms with Gasteiger partial charge in [0.15, 0.2) is 0 Å². The van der Waals surface area contributed by atoms with Gasteiger partial charge in [-0.05, 0) is 44.5 Å². The minimum absolute atomic E-state index is 0.227. The molecule has 6 aromatic carbocycles. The normalized spacial score (nSPS) is 13.1. The molecule has 1 aliphatic rings. The van der Waals surface area contributed by atoms with Gasteiger partial charge in [-0.2, -0.15) is 0 Å². The van der Waals surface area contributed by atoms with Crippen LogP contribution in [0.15, 0.2) is 113 Å². The summed E-state index contributed by atoms with van der Waals surface area (Å²) in [5, 5.41) is 8.23. The zero-order chi connectivity index (χ0) is 19.7. The van der Waals surface area contributed by atoms with E-state index in [2.05, 4.69) is 103 Å². The predicted octanol–water partition coefficient (Wildman–Crippen LogP) is 5.56. The SMILES string of the molecule is c1ccc(B2c3ccccc3Sc3ccc4ccc5cccc6cc2c3c4c56)cc1. The smallest absolute Gasteiger partial charge is 0.0900 e. The molecule has 0 N–H and O–H groups in total. The predicted molar refractivity (Wildman–Crippen MR) is 132 cm³/mol. The van der Waals surface area contributed by atoms with Crippen LogP contribution in [0.3, 0.4) is 0 Å². The zero-order valence-electron chi connectivity index (χ0n) is 16.3. The Labute approximate surface area is 180 Å². The molecule has 0 atom stereocenters. The fourth-order valence-corrected chi connectivity index (χ4v) is 6.41. The van der Waals surface area contributed by atoms with Crippen LogP contribution < -0.4 is 16.4 Å².